The van der Waals surface area contributed by atoms with Crippen molar-refractivity contribution in [2.45, 2.75) is 12.6 Å². The standard InChI is InChI=1S/C13H15F3N2O3/c1-21-10-5-3-9(4-6-10)11(19)17-7-2-8-18-12(20)13(14,15)16/h3-6H,2,7-8H2,1H3,(H,17,19)(H,18,20). The largest absolute Gasteiger partial charge is 0.497 e. The summed E-state index contributed by atoms with van der Waals surface area (Å²) in [6.45, 7) is -0.00969. The van der Waals surface area contributed by atoms with Crippen LogP contribution >= 0.6 is 0 Å². The summed E-state index contributed by atoms with van der Waals surface area (Å²) in [7, 11) is 1.50. The first kappa shape index (κ1) is 16.8. The van der Waals surface area contributed by atoms with Gasteiger partial charge in [-0.3, -0.25) is 9.59 Å². The molecule has 0 aliphatic heterocycles. The minimum absolute atomic E-state index is 0.156. The SMILES string of the molecule is COc1ccc(C(=O)NCCCNC(=O)C(F)(F)F)cc1. The van der Waals surface area contributed by atoms with Gasteiger partial charge in [0.15, 0.2) is 0 Å². The Morgan fingerprint density at radius 3 is 2.19 bits per heavy atom. The Labute approximate surface area is 119 Å². The van der Waals surface area contributed by atoms with Gasteiger partial charge in [-0.05, 0) is 30.7 Å². The lowest BCUT2D eigenvalue weighted by atomic mass is 10.2. The number of methoxy groups -OCH3 is 1. The maximum atomic E-state index is 11.9. The van der Waals surface area contributed by atoms with E-state index in [4.69, 9.17) is 4.74 Å². The zero-order valence-corrected chi connectivity index (χ0v) is 11.3. The molecular weight excluding hydrogens is 289 g/mol. The van der Waals surface area contributed by atoms with Gasteiger partial charge in [-0.15, -0.1) is 0 Å². The Bertz CT molecular complexity index is 486. The molecule has 0 aromatic heterocycles. The molecule has 0 atom stereocenters. The molecule has 0 bridgehead atoms. The quantitative estimate of drug-likeness (QED) is 0.783. The second-order valence-electron chi connectivity index (χ2n) is 4.09. The summed E-state index contributed by atoms with van der Waals surface area (Å²) < 4.78 is 40.6. The predicted molar refractivity (Wildman–Crippen MR) is 69.0 cm³/mol. The number of halogens is 3. The molecule has 1 rings (SSSR count). The zero-order valence-electron chi connectivity index (χ0n) is 11.3. The van der Waals surface area contributed by atoms with Crippen LogP contribution in [0.3, 0.4) is 0 Å². The molecule has 2 amide bonds. The molecule has 1 aromatic carbocycles. The van der Waals surface area contributed by atoms with E-state index in [1.165, 1.54) is 7.11 Å². The molecule has 2 N–H and O–H groups in total. The number of carbonyl (C=O) groups is 2. The number of hydrogen-bond donors (Lipinski definition) is 2. The van der Waals surface area contributed by atoms with E-state index >= 15 is 0 Å². The van der Waals surface area contributed by atoms with Crippen molar-refractivity contribution in [3.8, 4) is 5.75 Å². The Morgan fingerprint density at radius 1 is 1.10 bits per heavy atom. The Hall–Kier alpha value is -2.25. The molecule has 0 saturated heterocycles. The van der Waals surface area contributed by atoms with Crippen LogP contribution in [0.25, 0.3) is 0 Å². The van der Waals surface area contributed by atoms with Gasteiger partial charge >= 0.3 is 12.1 Å². The number of nitrogens with one attached hydrogen (secondary N) is 2. The van der Waals surface area contributed by atoms with Crippen molar-refractivity contribution in [1.82, 2.24) is 10.6 Å². The number of hydrogen-bond acceptors (Lipinski definition) is 3. The van der Waals surface area contributed by atoms with Crippen molar-refractivity contribution in [1.29, 1.82) is 0 Å². The number of alkyl halides is 3. The third-order valence-corrected chi connectivity index (χ3v) is 2.53. The van der Waals surface area contributed by atoms with Crippen LogP contribution in [0.15, 0.2) is 24.3 Å². The lowest BCUT2D eigenvalue weighted by Crippen LogP contribution is -2.38. The summed E-state index contributed by atoms with van der Waals surface area (Å²) in [4.78, 5) is 22.2. The van der Waals surface area contributed by atoms with Crippen LogP contribution in [-0.2, 0) is 4.79 Å². The average molecular weight is 304 g/mol. The lowest BCUT2D eigenvalue weighted by Gasteiger charge is -2.08. The number of carbonyl (C=O) groups excluding carboxylic acids is 2. The molecule has 0 unspecified atom stereocenters. The summed E-state index contributed by atoms with van der Waals surface area (Å²) in [6, 6.07) is 6.39. The molecule has 0 fully saturated rings. The Morgan fingerprint density at radius 2 is 1.67 bits per heavy atom. The smallest absolute Gasteiger partial charge is 0.471 e. The molecule has 0 aliphatic rings. The van der Waals surface area contributed by atoms with Crippen LogP contribution < -0.4 is 15.4 Å². The molecule has 8 heteroatoms. The number of rotatable bonds is 6. The van der Waals surface area contributed by atoms with Gasteiger partial charge in [-0.25, -0.2) is 0 Å². The van der Waals surface area contributed by atoms with Gasteiger partial charge in [0.1, 0.15) is 5.75 Å². The van der Waals surface area contributed by atoms with E-state index in [2.05, 4.69) is 5.32 Å². The lowest BCUT2D eigenvalue weighted by molar-refractivity contribution is -0.173. The Kier molecular flexibility index (Phi) is 6.01. The first-order chi connectivity index (χ1) is 9.84. The van der Waals surface area contributed by atoms with Crippen LogP contribution in [0, 0.1) is 0 Å². The minimum atomic E-state index is -4.88. The van der Waals surface area contributed by atoms with Gasteiger partial charge in [0.05, 0.1) is 7.11 Å². The van der Waals surface area contributed by atoms with E-state index in [-0.39, 0.29) is 25.4 Å². The van der Waals surface area contributed by atoms with E-state index < -0.39 is 12.1 Å². The van der Waals surface area contributed by atoms with Gasteiger partial charge in [0.25, 0.3) is 5.91 Å². The first-order valence-corrected chi connectivity index (χ1v) is 6.12. The van der Waals surface area contributed by atoms with Gasteiger partial charge in [-0.2, -0.15) is 13.2 Å². The maximum absolute atomic E-state index is 11.9. The third-order valence-electron chi connectivity index (χ3n) is 2.53. The van der Waals surface area contributed by atoms with Crippen molar-refractivity contribution in [2.24, 2.45) is 0 Å². The monoisotopic (exact) mass is 304 g/mol. The highest BCUT2D eigenvalue weighted by Gasteiger charge is 2.38. The van der Waals surface area contributed by atoms with Crippen molar-refractivity contribution in [3.05, 3.63) is 29.8 Å². The summed E-state index contributed by atoms with van der Waals surface area (Å²) in [5, 5.41) is 4.26. The average Bonchev–Trinajstić information content (AvgIpc) is 2.45. The van der Waals surface area contributed by atoms with E-state index in [0.29, 0.717) is 11.3 Å². The van der Waals surface area contributed by atoms with Crippen LogP contribution in [-0.4, -0.2) is 38.2 Å². The van der Waals surface area contributed by atoms with Gasteiger partial charge in [-0.1, -0.05) is 0 Å². The van der Waals surface area contributed by atoms with E-state index in [1.54, 1.807) is 29.6 Å². The molecule has 0 spiro atoms. The van der Waals surface area contributed by atoms with Gasteiger partial charge in [0.2, 0.25) is 0 Å². The van der Waals surface area contributed by atoms with Crippen molar-refractivity contribution >= 4 is 11.8 Å². The zero-order chi connectivity index (χ0) is 15.9. The van der Waals surface area contributed by atoms with Crippen LogP contribution in [0.2, 0.25) is 0 Å². The highest BCUT2D eigenvalue weighted by Crippen LogP contribution is 2.13. The fourth-order valence-corrected chi connectivity index (χ4v) is 1.44. The molecule has 0 saturated carbocycles. The second kappa shape index (κ2) is 7.51. The fourth-order valence-electron chi connectivity index (χ4n) is 1.44. The molecule has 5 nitrogen and oxygen atoms in total. The second-order valence-corrected chi connectivity index (χ2v) is 4.09. The molecular formula is C13H15F3N2O3. The Balaban J connectivity index is 2.26. The van der Waals surface area contributed by atoms with E-state index in [9.17, 15) is 22.8 Å². The summed E-state index contributed by atoms with van der Waals surface area (Å²) in [6.07, 6.45) is -4.68. The van der Waals surface area contributed by atoms with E-state index in [1.807, 2.05) is 0 Å². The molecule has 0 heterocycles. The number of benzene rings is 1. The van der Waals surface area contributed by atoms with Crippen molar-refractivity contribution in [2.75, 3.05) is 20.2 Å². The summed E-state index contributed by atoms with van der Waals surface area (Å²) in [5.74, 6) is -1.72. The van der Waals surface area contributed by atoms with Gasteiger partial charge in [0, 0.05) is 18.7 Å². The molecule has 0 radical (unpaired) electrons. The first-order valence-electron chi connectivity index (χ1n) is 6.12. The molecule has 1 aromatic rings. The van der Waals surface area contributed by atoms with Crippen LogP contribution in [0.5, 0.6) is 5.75 Å². The topological polar surface area (TPSA) is 67.4 Å². The number of ether oxygens (including phenoxy) is 1. The maximum Gasteiger partial charge on any atom is 0.471 e. The van der Waals surface area contributed by atoms with Crippen molar-refractivity contribution in [3.63, 3.8) is 0 Å². The number of amides is 2. The normalized spacial score (nSPS) is 10.9. The highest BCUT2D eigenvalue weighted by atomic mass is 19.4. The molecule has 116 valence electrons. The van der Waals surface area contributed by atoms with Gasteiger partial charge < -0.3 is 15.4 Å². The summed E-state index contributed by atoms with van der Waals surface area (Å²) >= 11 is 0. The third kappa shape index (κ3) is 5.72. The predicted octanol–water partition coefficient (Wildman–Crippen LogP) is 1.49. The van der Waals surface area contributed by atoms with E-state index in [0.717, 1.165) is 0 Å². The van der Waals surface area contributed by atoms with Crippen LogP contribution in [0.4, 0.5) is 13.2 Å². The minimum Gasteiger partial charge on any atom is -0.497 e. The molecule has 0 aliphatic carbocycles. The van der Waals surface area contributed by atoms with Crippen LogP contribution in [0.1, 0.15) is 16.8 Å². The van der Waals surface area contributed by atoms with Crippen molar-refractivity contribution < 1.29 is 27.5 Å². The fraction of sp³-hybridized carbons (Fsp3) is 0.385. The summed E-state index contributed by atoms with van der Waals surface area (Å²) in [5.41, 5.74) is 0.412. The molecule has 21 heavy (non-hydrogen) atoms. The highest BCUT2D eigenvalue weighted by molar-refractivity contribution is 5.94.